The van der Waals surface area contributed by atoms with Crippen molar-refractivity contribution in [3.8, 4) is 0 Å². The van der Waals surface area contributed by atoms with E-state index in [1.807, 2.05) is 24.3 Å². The van der Waals surface area contributed by atoms with Gasteiger partial charge in [-0.2, -0.15) is 0 Å². The molecule has 1 fully saturated rings. The zero-order chi connectivity index (χ0) is 10.8. The van der Waals surface area contributed by atoms with Crippen LogP contribution in [0.25, 0.3) is 0 Å². The molecule has 88 valence electrons. The molecule has 1 aliphatic heterocycles. The first-order valence-electron chi connectivity index (χ1n) is 4.87. The number of aliphatic carboxylic acids is 1. The average molecular weight is 307 g/mol. The second-order valence-electron chi connectivity index (χ2n) is 3.76. The second-order valence-corrected chi connectivity index (χ2v) is 4.68. The van der Waals surface area contributed by atoms with Crippen LogP contribution in [0.15, 0.2) is 28.7 Å². The van der Waals surface area contributed by atoms with Crippen LogP contribution in [-0.4, -0.2) is 24.2 Å². The van der Waals surface area contributed by atoms with E-state index in [2.05, 4.69) is 21.2 Å². The van der Waals surface area contributed by atoms with E-state index >= 15 is 0 Å². The molecule has 5 heteroatoms. The van der Waals surface area contributed by atoms with Crippen LogP contribution in [0.5, 0.6) is 0 Å². The number of hydrogen-bond acceptors (Lipinski definition) is 2. The highest BCUT2D eigenvalue weighted by Gasteiger charge is 2.33. The fourth-order valence-electron chi connectivity index (χ4n) is 2.03. The summed E-state index contributed by atoms with van der Waals surface area (Å²) in [6.07, 6.45) is 0. The lowest BCUT2D eigenvalue weighted by Crippen LogP contribution is -2.20. The number of hydrogen-bond donors (Lipinski definition) is 2. The Balaban J connectivity index is 0.00000128. The third-order valence-electron chi connectivity index (χ3n) is 2.81. The summed E-state index contributed by atoms with van der Waals surface area (Å²) in [5.74, 6) is -0.940. The zero-order valence-corrected chi connectivity index (χ0v) is 10.9. The summed E-state index contributed by atoms with van der Waals surface area (Å²) in [4.78, 5) is 11.0. The second kappa shape index (κ2) is 5.66. The van der Waals surface area contributed by atoms with Gasteiger partial charge in [-0.25, -0.2) is 0 Å². The largest absolute Gasteiger partial charge is 0.481 e. The molecule has 0 amide bonds. The molecular weight excluding hydrogens is 293 g/mol. The average Bonchev–Trinajstić information content (AvgIpc) is 2.65. The predicted octanol–water partition coefficient (Wildman–Crippen LogP) is 2.26. The van der Waals surface area contributed by atoms with E-state index in [1.54, 1.807) is 0 Å². The maximum atomic E-state index is 11.0. The molecule has 0 spiro atoms. The Kier molecular flexibility index (Phi) is 4.77. The smallest absolute Gasteiger partial charge is 0.308 e. The zero-order valence-electron chi connectivity index (χ0n) is 8.52. The van der Waals surface area contributed by atoms with Crippen LogP contribution in [0.2, 0.25) is 0 Å². The molecule has 0 aliphatic carbocycles. The lowest BCUT2D eigenvalue weighted by atomic mass is 9.89. The van der Waals surface area contributed by atoms with Crippen LogP contribution in [-0.2, 0) is 4.79 Å². The number of carbonyl (C=O) groups is 1. The third-order valence-corrected chi connectivity index (χ3v) is 3.30. The van der Waals surface area contributed by atoms with E-state index in [1.165, 1.54) is 0 Å². The van der Waals surface area contributed by atoms with Crippen molar-refractivity contribution < 1.29 is 9.90 Å². The fourth-order valence-corrected chi connectivity index (χ4v) is 2.44. The molecule has 2 rings (SSSR count). The van der Waals surface area contributed by atoms with Gasteiger partial charge in [0.1, 0.15) is 0 Å². The molecular formula is C11H13BrClNO2. The Labute approximate surface area is 109 Å². The lowest BCUT2D eigenvalue weighted by molar-refractivity contribution is -0.141. The topological polar surface area (TPSA) is 49.3 Å². The van der Waals surface area contributed by atoms with E-state index in [0.29, 0.717) is 6.54 Å². The van der Waals surface area contributed by atoms with Gasteiger partial charge in [0.05, 0.1) is 5.92 Å². The van der Waals surface area contributed by atoms with Crippen molar-refractivity contribution in [3.63, 3.8) is 0 Å². The molecule has 2 N–H and O–H groups in total. The van der Waals surface area contributed by atoms with Crippen molar-refractivity contribution in [1.82, 2.24) is 5.32 Å². The summed E-state index contributed by atoms with van der Waals surface area (Å²) < 4.78 is 0.996. The van der Waals surface area contributed by atoms with Gasteiger partial charge < -0.3 is 10.4 Å². The molecule has 2 atom stereocenters. The van der Waals surface area contributed by atoms with E-state index in [0.717, 1.165) is 16.6 Å². The first-order valence-corrected chi connectivity index (χ1v) is 5.67. The van der Waals surface area contributed by atoms with Gasteiger partial charge in [-0.1, -0.05) is 28.1 Å². The van der Waals surface area contributed by atoms with Gasteiger partial charge in [0.25, 0.3) is 0 Å². The van der Waals surface area contributed by atoms with Gasteiger partial charge in [0.15, 0.2) is 0 Å². The van der Waals surface area contributed by atoms with E-state index in [4.69, 9.17) is 5.11 Å². The van der Waals surface area contributed by atoms with Crippen LogP contribution in [0, 0.1) is 5.92 Å². The van der Waals surface area contributed by atoms with Crippen LogP contribution in [0.1, 0.15) is 11.5 Å². The van der Waals surface area contributed by atoms with Gasteiger partial charge in [0.2, 0.25) is 0 Å². The molecule has 0 aromatic heterocycles. The summed E-state index contributed by atoms with van der Waals surface area (Å²) in [6, 6.07) is 7.87. The number of benzene rings is 1. The summed E-state index contributed by atoms with van der Waals surface area (Å²) in [6.45, 7) is 1.31. The molecule has 0 saturated carbocycles. The Bertz CT molecular complexity index is 386. The van der Waals surface area contributed by atoms with E-state index in [-0.39, 0.29) is 24.2 Å². The van der Waals surface area contributed by atoms with E-state index in [9.17, 15) is 4.79 Å². The molecule has 16 heavy (non-hydrogen) atoms. The minimum Gasteiger partial charge on any atom is -0.481 e. The minimum absolute atomic E-state index is 0. The summed E-state index contributed by atoms with van der Waals surface area (Å²) >= 11 is 3.40. The number of rotatable bonds is 2. The van der Waals surface area contributed by atoms with Crippen LogP contribution < -0.4 is 5.32 Å². The summed E-state index contributed by atoms with van der Waals surface area (Å²) in [5, 5.41) is 12.2. The summed E-state index contributed by atoms with van der Waals surface area (Å²) in [7, 11) is 0. The van der Waals surface area contributed by atoms with Crippen LogP contribution >= 0.6 is 28.3 Å². The van der Waals surface area contributed by atoms with Crippen LogP contribution in [0.4, 0.5) is 0 Å². The van der Waals surface area contributed by atoms with Crippen molar-refractivity contribution in [2.45, 2.75) is 5.92 Å². The number of carboxylic acid groups (broad SMARTS) is 1. The normalized spacial score (nSPS) is 23.8. The number of halogens is 2. The maximum Gasteiger partial charge on any atom is 0.308 e. The number of nitrogens with one attached hydrogen (secondary N) is 1. The quantitative estimate of drug-likeness (QED) is 0.881. The molecule has 0 bridgehead atoms. The molecule has 2 unspecified atom stereocenters. The molecule has 0 radical (unpaired) electrons. The van der Waals surface area contributed by atoms with Crippen molar-refractivity contribution >= 4 is 34.3 Å². The highest BCUT2D eigenvalue weighted by Crippen LogP contribution is 2.29. The van der Waals surface area contributed by atoms with Crippen molar-refractivity contribution in [2.24, 2.45) is 5.92 Å². The summed E-state index contributed by atoms with van der Waals surface area (Å²) in [5.41, 5.74) is 1.08. The van der Waals surface area contributed by atoms with E-state index < -0.39 is 5.97 Å². The predicted molar refractivity (Wildman–Crippen MR) is 68.1 cm³/mol. The standard InChI is InChI=1S/C11H12BrNO2.ClH/c12-8-3-1-2-7(4-8)9-5-13-6-10(9)11(14)15;/h1-4,9-10,13H,5-6H2,(H,14,15);1H. The Morgan fingerprint density at radius 3 is 2.81 bits per heavy atom. The molecule has 1 heterocycles. The molecule has 1 aromatic carbocycles. The first kappa shape index (κ1) is 13.5. The van der Waals surface area contributed by atoms with Crippen LogP contribution in [0.3, 0.4) is 0 Å². The highest BCUT2D eigenvalue weighted by molar-refractivity contribution is 9.10. The molecule has 1 aliphatic rings. The van der Waals surface area contributed by atoms with Crippen molar-refractivity contribution in [1.29, 1.82) is 0 Å². The highest BCUT2D eigenvalue weighted by atomic mass is 79.9. The molecule has 3 nitrogen and oxygen atoms in total. The van der Waals surface area contributed by atoms with Gasteiger partial charge in [-0.3, -0.25) is 4.79 Å². The molecule has 1 aromatic rings. The molecule has 1 saturated heterocycles. The lowest BCUT2D eigenvalue weighted by Gasteiger charge is -2.15. The fraction of sp³-hybridized carbons (Fsp3) is 0.364. The van der Waals surface area contributed by atoms with Crippen molar-refractivity contribution in [2.75, 3.05) is 13.1 Å². The Hall–Kier alpha value is -0.580. The first-order chi connectivity index (χ1) is 7.18. The van der Waals surface area contributed by atoms with Gasteiger partial charge in [0, 0.05) is 23.5 Å². The SMILES string of the molecule is Cl.O=C(O)C1CNCC1c1cccc(Br)c1. The number of carboxylic acids is 1. The Morgan fingerprint density at radius 1 is 1.44 bits per heavy atom. The third kappa shape index (κ3) is 2.75. The van der Waals surface area contributed by atoms with Gasteiger partial charge in [-0.15, -0.1) is 12.4 Å². The monoisotopic (exact) mass is 305 g/mol. The van der Waals surface area contributed by atoms with Gasteiger partial charge >= 0.3 is 5.97 Å². The van der Waals surface area contributed by atoms with Gasteiger partial charge in [-0.05, 0) is 17.7 Å². The Morgan fingerprint density at radius 2 is 2.19 bits per heavy atom. The minimum atomic E-state index is -0.718. The van der Waals surface area contributed by atoms with Crippen molar-refractivity contribution in [3.05, 3.63) is 34.3 Å². The maximum absolute atomic E-state index is 11.0.